The van der Waals surface area contributed by atoms with Crippen molar-refractivity contribution in [2.45, 2.75) is 6.67 Å². The Bertz CT molecular complexity index is 2590. The van der Waals surface area contributed by atoms with Crippen molar-refractivity contribution in [3.63, 3.8) is 0 Å². The number of hydrogen-bond acceptors (Lipinski definition) is 3. The van der Waals surface area contributed by atoms with Gasteiger partial charge in [0, 0.05) is 59.3 Å². The number of thiophene rings is 1. The molecule has 0 saturated carbocycles. The molecule has 9 aromatic rings. The van der Waals surface area contributed by atoms with Gasteiger partial charge in [-0.3, -0.25) is 4.99 Å². The molecule has 3 heterocycles. The number of hydrogen-bond donors (Lipinski definition) is 1. The Hall–Kier alpha value is -5.65. The molecule has 0 spiro atoms. The van der Waals surface area contributed by atoms with Gasteiger partial charge in [-0.05, 0) is 54.1 Å². The molecule has 2 N–H and O–H groups in total. The SMILES string of the molecule is N/C(=C\C=N/Cn1c2ccccc2c2c3sc4ccccc4c3ccc21)c1cccc(-n2c3ccccc3c3ccccc32)c1. The lowest BCUT2D eigenvalue weighted by Crippen LogP contribution is -2.00. The number of rotatable bonds is 5. The van der Waals surface area contributed by atoms with Crippen molar-refractivity contribution in [3.8, 4) is 5.69 Å². The van der Waals surface area contributed by atoms with Gasteiger partial charge in [0.15, 0.2) is 0 Å². The van der Waals surface area contributed by atoms with Crippen LogP contribution in [0.4, 0.5) is 0 Å². The summed E-state index contributed by atoms with van der Waals surface area (Å²) in [6.07, 6.45) is 3.74. The van der Waals surface area contributed by atoms with Gasteiger partial charge in [0.1, 0.15) is 6.67 Å². The highest BCUT2D eigenvalue weighted by Gasteiger charge is 2.16. The highest BCUT2D eigenvalue weighted by Crippen LogP contribution is 2.42. The van der Waals surface area contributed by atoms with E-state index in [0.717, 1.165) is 11.3 Å². The molecule has 0 saturated heterocycles. The molecular weight excluding hydrogens is 569 g/mol. The first-order valence-electron chi connectivity index (χ1n) is 15.1. The molecule has 45 heavy (non-hydrogen) atoms. The molecule has 4 nitrogen and oxygen atoms in total. The van der Waals surface area contributed by atoms with Crippen LogP contribution in [0.15, 0.2) is 145 Å². The van der Waals surface area contributed by atoms with Gasteiger partial charge in [-0.2, -0.15) is 0 Å². The summed E-state index contributed by atoms with van der Waals surface area (Å²) >= 11 is 1.87. The van der Waals surface area contributed by atoms with Gasteiger partial charge in [0.05, 0.1) is 22.1 Å². The third kappa shape index (κ3) is 4.01. The van der Waals surface area contributed by atoms with Crippen molar-refractivity contribution in [2.75, 3.05) is 0 Å². The summed E-state index contributed by atoms with van der Waals surface area (Å²) in [5, 5.41) is 7.68. The molecule has 0 unspecified atom stereocenters. The number of benzene rings is 6. The Morgan fingerprint density at radius 2 is 1.29 bits per heavy atom. The van der Waals surface area contributed by atoms with Crippen molar-refractivity contribution in [1.82, 2.24) is 9.13 Å². The highest BCUT2D eigenvalue weighted by atomic mass is 32.1. The van der Waals surface area contributed by atoms with Gasteiger partial charge >= 0.3 is 0 Å². The number of nitrogens with two attached hydrogens (primary N) is 1. The minimum atomic E-state index is 0.506. The fraction of sp³-hybridized carbons (Fsp3) is 0.0250. The van der Waals surface area contributed by atoms with Crippen LogP contribution in [0.1, 0.15) is 5.56 Å². The average Bonchev–Trinajstić information content (AvgIpc) is 3.74. The summed E-state index contributed by atoms with van der Waals surface area (Å²) in [5.41, 5.74) is 14.1. The van der Waals surface area contributed by atoms with E-state index in [4.69, 9.17) is 10.7 Å². The van der Waals surface area contributed by atoms with Crippen molar-refractivity contribution in [1.29, 1.82) is 0 Å². The molecule has 0 amide bonds. The summed E-state index contributed by atoms with van der Waals surface area (Å²) < 4.78 is 7.26. The molecule has 5 heteroatoms. The molecule has 214 valence electrons. The molecule has 6 aromatic carbocycles. The molecule has 0 aliphatic rings. The number of aromatic nitrogens is 2. The second-order valence-corrected chi connectivity index (χ2v) is 12.4. The third-order valence-corrected chi connectivity index (χ3v) is 10.1. The smallest absolute Gasteiger partial charge is 0.114 e. The Morgan fingerprint density at radius 3 is 2.07 bits per heavy atom. The van der Waals surface area contributed by atoms with Gasteiger partial charge in [-0.25, -0.2) is 0 Å². The van der Waals surface area contributed by atoms with E-state index in [0.29, 0.717) is 12.4 Å². The minimum Gasteiger partial charge on any atom is -0.398 e. The van der Waals surface area contributed by atoms with Crippen LogP contribution in [-0.4, -0.2) is 15.3 Å². The Balaban J connectivity index is 1.07. The fourth-order valence-electron chi connectivity index (χ4n) is 6.85. The van der Waals surface area contributed by atoms with E-state index < -0.39 is 0 Å². The normalized spacial score (nSPS) is 12.7. The first-order valence-corrected chi connectivity index (χ1v) is 15.9. The molecular formula is C40H28N4S. The first-order chi connectivity index (χ1) is 22.3. The van der Waals surface area contributed by atoms with Crippen LogP contribution in [0.5, 0.6) is 0 Å². The van der Waals surface area contributed by atoms with Crippen LogP contribution in [0.3, 0.4) is 0 Å². The number of aliphatic imine (C=N–C) groups is 1. The van der Waals surface area contributed by atoms with E-state index in [1.807, 2.05) is 23.6 Å². The largest absolute Gasteiger partial charge is 0.398 e. The molecule has 0 radical (unpaired) electrons. The van der Waals surface area contributed by atoms with Crippen molar-refractivity contribution in [2.24, 2.45) is 10.7 Å². The monoisotopic (exact) mass is 596 g/mol. The van der Waals surface area contributed by atoms with Crippen molar-refractivity contribution >= 4 is 87.0 Å². The lowest BCUT2D eigenvalue weighted by Gasteiger charge is -2.10. The number of nitrogens with zero attached hydrogens (tertiary/aromatic N) is 3. The van der Waals surface area contributed by atoms with Crippen molar-refractivity contribution < 1.29 is 0 Å². The quantitative estimate of drug-likeness (QED) is 0.197. The molecule has 0 fully saturated rings. The Labute approximate surface area is 263 Å². The summed E-state index contributed by atoms with van der Waals surface area (Å²) in [5.74, 6) is 0. The average molecular weight is 597 g/mol. The summed E-state index contributed by atoms with van der Waals surface area (Å²) in [4.78, 5) is 4.84. The van der Waals surface area contributed by atoms with Gasteiger partial charge in [0.25, 0.3) is 0 Å². The zero-order chi connectivity index (χ0) is 29.9. The lowest BCUT2D eigenvalue weighted by atomic mass is 10.1. The second kappa shape index (κ2) is 10.2. The van der Waals surface area contributed by atoms with Crippen LogP contribution in [0.2, 0.25) is 0 Å². The zero-order valence-electron chi connectivity index (χ0n) is 24.4. The number of fused-ring (bicyclic) bond motifs is 10. The van der Waals surface area contributed by atoms with E-state index >= 15 is 0 Å². The van der Waals surface area contributed by atoms with E-state index in [1.165, 1.54) is 63.8 Å². The van der Waals surface area contributed by atoms with Crippen LogP contribution < -0.4 is 5.73 Å². The fourth-order valence-corrected chi connectivity index (χ4v) is 8.11. The topological polar surface area (TPSA) is 48.2 Å². The molecule has 3 aromatic heterocycles. The zero-order valence-corrected chi connectivity index (χ0v) is 25.2. The molecule has 0 bridgehead atoms. The molecule has 0 aliphatic carbocycles. The van der Waals surface area contributed by atoms with Gasteiger partial charge in [-0.15, -0.1) is 11.3 Å². The van der Waals surface area contributed by atoms with E-state index in [1.54, 1.807) is 0 Å². The standard InChI is InChI=1S/C40H28N4S/c41-33(26-10-9-11-27(24-26)44-35-17-6-1-12-28(35)29-13-2-7-18-36(29)44)22-23-42-25-43-34-16-5-3-15-32(34)39-37(43)21-20-31-30-14-4-8-19-38(30)45-40(31)39/h1-24H,25,41H2/b33-22-,42-23-. The van der Waals surface area contributed by atoms with E-state index in [-0.39, 0.29) is 0 Å². The number of allylic oxidation sites excluding steroid dienone is 1. The molecule has 0 atom stereocenters. The first kappa shape index (κ1) is 25.8. The van der Waals surface area contributed by atoms with Crippen LogP contribution >= 0.6 is 11.3 Å². The third-order valence-electron chi connectivity index (χ3n) is 8.88. The Morgan fingerprint density at radius 1 is 0.622 bits per heavy atom. The van der Waals surface area contributed by atoms with Gasteiger partial charge in [0.2, 0.25) is 0 Å². The van der Waals surface area contributed by atoms with Gasteiger partial charge < -0.3 is 14.9 Å². The van der Waals surface area contributed by atoms with Crippen molar-refractivity contribution in [3.05, 3.63) is 145 Å². The number of para-hydroxylation sites is 3. The predicted octanol–water partition coefficient (Wildman–Crippen LogP) is 10.3. The van der Waals surface area contributed by atoms with Crippen LogP contribution in [0.25, 0.3) is 75.2 Å². The predicted molar refractivity (Wildman–Crippen MR) is 194 cm³/mol. The van der Waals surface area contributed by atoms with E-state index in [9.17, 15) is 0 Å². The summed E-state index contributed by atoms with van der Waals surface area (Å²) in [6.45, 7) is 0.506. The lowest BCUT2D eigenvalue weighted by molar-refractivity contribution is 0.797. The maximum Gasteiger partial charge on any atom is 0.114 e. The van der Waals surface area contributed by atoms with Crippen LogP contribution in [0, 0.1) is 0 Å². The highest BCUT2D eigenvalue weighted by molar-refractivity contribution is 7.26. The summed E-state index contributed by atoms with van der Waals surface area (Å²) in [6, 6.07) is 47.3. The molecule has 0 aliphatic heterocycles. The van der Waals surface area contributed by atoms with Crippen LogP contribution in [-0.2, 0) is 6.67 Å². The van der Waals surface area contributed by atoms with Gasteiger partial charge in [-0.1, -0.05) is 91.0 Å². The summed E-state index contributed by atoms with van der Waals surface area (Å²) in [7, 11) is 0. The minimum absolute atomic E-state index is 0.506. The van der Waals surface area contributed by atoms with E-state index in [2.05, 4.69) is 143 Å². The second-order valence-electron chi connectivity index (χ2n) is 11.4. The molecule has 9 rings (SSSR count). The Kier molecular flexibility index (Phi) is 5.86. The maximum absolute atomic E-state index is 6.64. The maximum atomic E-state index is 6.64.